The van der Waals surface area contributed by atoms with Crippen molar-refractivity contribution >= 4 is 8.60 Å². The zero-order valence-electron chi connectivity index (χ0n) is 9.69. The van der Waals surface area contributed by atoms with Crippen molar-refractivity contribution in [3.8, 4) is 0 Å². The van der Waals surface area contributed by atoms with Crippen LogP contribution in [0.5, 0.6) is 0 Å². The molecular weight excluding hydrogens is 199 g/mol. The van der Waals surface area contributed by atoms with Gasteiger partial charge in [0.25, 0.3) is 0 Å². The summed E-state index contributed by atoms with van der Waals surface area (Å²) in [5.41, 5.74) is 0. The standard InChI is InChI=1S/C10H23O3P/c1-5-9(6-2)12-14(11)13-10(7-3)8-4/h9-11H,5-8H2,1-4H3. The Balaban J connectivity index is 3.77. The zero-order chi connectivity index (χ0) is 11.0. The summed E-state index contributed by atoms with van der Waals surface area (Å²) in [6, 6.07) is 0. The number of rotatable bonds is 8. The molecule has 0 saturated carbocycles. The van der Waals surface area contributed by atoms with Gasteiger partial charge in [0.1, 0.15) is 0 Å². The molecule has 0 aromatic rings. The normalized spacial score (nSPS) is 12.0. The fourth-order valence-electron chi connectivity index (χ4n) is 1.16. The van der Waals surface area contributed by atoms with Crippen LogP contribution in [0.4, 0.5) is 0 Å². The van der Waals surface area contributed by atoms with Gasteiger partial charge in [-0.25, -0.2) is 0 Å². The van der Waals surface area contributed by atoms with Crippen LogP contribution in [-0.2, 0) is 9.05 Å². The van der Waals surface area contributed by atoms with Gasteiger partial charge in [0.05, 0.1) is 12.2 Å². The van der Waals surface area contributed by atoms with Gasteiger partial charge in [-0.1, -0.05) is 27.7 Å². The second-order valence-corrected chi connectivity index (χ2v) is 4.22. The highest BCUT2D eigenvalue weighted by molar-refractivity contribution is 7.40. The second kappa shape index (κ2) is 8.60. The van der Waals surface area contributed by atoms with Crippen molar-refractivity contribution in [2.24, 2.45) is 0 Å². The molecule has 0 atom stereocenters. The summed E-state index contributed by atoms with van der Waals surface area (Å²) < 4.78 is 10.8. The summed E-state index contributed by atoms with van der Waals surface area (Å²) in [5.74, 6) is 0. The SMILES string of the molecule is CCC(CC)OP(O)OC(CC)CC. The van der Waals surface area contributed by atoms with Crippen molar-refractivity contribution in [1.82, 2.24) is 0 Å². The van der Waals surface area contributed by atoms with Crippen LogP contribution in [-0.4, -0.2) is 17.1 Å². The Kier molecular flexibility index (Phi) is 8.80. The lowest BCUT2D eigenvalue weighted by atomic mass is 10.2. The van der Waals surface area contributed by atoms with E-state index in [1.165, 1.54) is 0 Å². The van der Waals surface area contributed by atoms with E-state index in [0.717, 1.165) is 25.7 Å². The monoisotopic (exact) mass is 222 g/mol. The molecule has 0 rings (SSSR count). The van der Waals surface area contributed by atoms with Crippen molar-refractivity contribution in [1.29, 1.82) is 0 Å². The van der Waals surface area contributed by atoms with Crippen LogP contribution in [0.25, 0.3) is 0 Å². The van der Waals surface area contributed by atoms with Gasteiger partial charge in [-0.3, -0.25) is 0 Å². The zero-order valence-corrected chi connectivity index (χ0v) is 10.6. The Morgan fingerprint density at radius 1 is 0.857 bits per heavy atom. The highest BCUT2D eigenvalue weighted by atomic mass is 31.2. The predicted molar refractivity (Wildman–Crippen MR) is 60.0 cm³/mol. The average molecular weight is 222 g/mol. The third-order valence-electron chi connectivity index (χ3n) is 2.30. The molecule has 0 spiro atoms. The minimum atomic E-state index is -1.68. The lowest BCUT2D eigenvalue weighted by Gasteiger charge is -2.21. The number of hydrogen-bond donors (Lipinski definition) is 1. The third-order valence-corrected chi connectivity index (χ3v) is 3.26. The molecule has 0 unspecified atom stereocenters. The van der Waals surface area contributed by atoms with Gasteiger partial charge in [0.2, 0.25) is 0 Å². The molecule has 1 N–H and O–H groups in total. The molecule has 0 fully saturated rings. The minimum Gasteiger partial charge on any atom is -0.328 e. The van der Waals surface area contributed by atoms with Crippen LogP contribution >= 0.6 is 8.60 Å². The van der Waals surface area contributed by atoms with E-state index in [9.17, 15) is 4.89 Å². The van der Waals surface area contributed by atoms with Gasteiger partial charge in [-0.15, -0.1) is 0 Å². The van der Waals surface area contributed by atoms with Gasteiger partial charge < -0.3 is 13.9 Å². The van der Waals surface area contributed by atoms with Crippen molar-refractivity contribution in [2.75, 3.05) is 0 Å². The maximum Gasteiger partial charge on any atom is 0.330 e. The highest BCUT2D eigenvalue weighted by Crippen LogP contribution is 2.38. The molecule has 3 nitrogen and oxygen atoms in total. The average Bonchev–Trinajstić information content (AvgIpc) is 2.22. The molecular formula is C10H23O3P. The van der Waals surface area contributed by atoms with Crippen LogP contribution in [0.1, 0.15) is 53.4 Å². The summed E-state index contributed by atoms with van der Waals surface area (Å²) in [4.78, 5) is 9.53. The molecule has 4 heteroatoms. The Labute approximate surface area is 88.8 Å². The first-order valence-corrected chi connectivity index (χ1v) is 6.63. The van der Waals surface area contributed by atoms with Crippen LogP contribution in [0.2, 0.25) is 0 Å². The Bertz CT molecular complexity index is 111. The molecule has 86 valence electrons. The fraction of sp³-hybridized carbons (Fsp3) is 1.00. The summed E-state index contributed by atoms with van der Waals surface area (Å²) >= 11 is 0. The maximum atomic E-state index is 9.53. The van der Waals surface area contributed by atoms with Crippen molar-refractivity contribution in [3.63, 3.8) is 0 Å². The van der Waals surface area contributed by atoms with E-state index >= 15 is 0 Å². The lowest BCUT2D eigenvalue weighted by molar-refractivity contribution is 0.102. The summed E-state index contributed by atoms with van der Waals surface area (Å²) in [6.45, 7) is 8.20. The molecule has 14 heavy (non-hydrogen) atoms. The lowest BCUT2D eigenvalue weighted by Crippen LogP contribution is -2.12. The summed E-state index contributed by atoms with van der Waals surface area (Å²) in [7, 11) is -1.68. The minimum absolute atomic E-state index is 0.125. The Morgan fingerprint density at radius 3 is 1.36 bits per heavy atom. The molecule has 0 aliphatic carbocycles. The van der Waals surface area contributed by atoms with E-state index in [4.69, 9.17) is 9.05 Å². The van der Waals surface area contributed by atoms with Gasteiger partial charge in [-0.2, -0.15) is 0 Å². The second-order valence-electron chi connectivity index (χ2n) is 3.33. The van der Waals surface area contributed by atoms with E-state index in [0.29, 0.717) is 0 Å². The topological polar surface area (TPSA) is 38.7 Å². The molecule has 0 saturated heterocycles. The molecule has 0 aliphatic rings. The highest BCUT2D eigenvalue weighted by Gasteiger charge is 2.17. The Morgan fingerprint density at radius 2 is 1.14 bits per heavy atom. The van der Waals surface area contributed by atoms with Gasteiger partial charge in [-0.05, 0) is 25.7 Å². The molecule has 0 bridgehead atoms. The first-order chi connectivity index (χ1) is 6.67. The first kappa shape index (κ1) is 14.3. The maximum absolute atomic E-state index is 9.53. The van der Waals surface area contributed by atoms with Crippen molar-refractivity contribution in [3.05, 3.63) is 0 Å². The van der Waals surface area contributed by atoms with E-state index in [2.05, 4.69) is 27.7 Å². The smallest absolute Gasteiger partial charge is 0.328 e. The van der Waals surface area contributed by atoms with Crippen molar-refractivity contribution < 1.29 is 13.9 Å². The van der Waals surface area contributed by atoms with Gasteiger partial charge in [0, 0.05) is 0 Å². The quantitative estimate of drug-likeness (QED) is 0.637. The third kappa shape index (κ3) is 5.92. The van der Waals surface area contributed by atoms with E-state index in [-0.39, 0.29) is 12.2 Å². The summed E-state index contributed by atoms with van der Waals surface area (Å²) in [5, 5.41) is 0. The number of hydrogen-bond acceptors (Lipinski definition) is 3. The van der Waals surface area contributed by atoms with Crippen LogP contribution in [0.15, 0.2) is 0 Å². The fourth-order valence-corrected chi connectivity index (χ4v) is 2.31. The molecule has 0 radical (unpaired) electrons. The van der Waals surface area contributed by atoms with E-state index in [1.54, 1.807) is 0 Å². The van der Waals surface area contributed by atoms with Gasteiger partial charge in [0.15, 0.2) is 0 Å². The van der Waals surface area contributed by atoms with Gasteiger partial charge >= 0.3 is 8.60 Å². The largest absolute Gasteiger partial charge is 0.330 e. The van der Waals surface area contributed by atoms with Crippen molar-refractivity contribution in [2.45, 2.75) is 65.6 Å². The van der Waals surface area contributed by atoms with E-state index in [1.807, 2.05) is 0 Å². The first-order valence-electron chi connectivity index (χ1n) is 5.50. The van der Waals surface area contributed by atoms with Crippen LogP contribution in [0.3, 0.4) is 0 Å². The molecule has 0 amide bonds. The van der Waals surface area contributed by atoms with Crippen LogP contribution < -0.4 is 0 Å². The van der Waals surface area contributed by atoms with Crippen LogP contribution in [0, 0.1) is 0 Å². The molecule has 0 heterocycles. The molecule has 0 aromatic heterocycles. The van der Waals surface area contributed by atoms with E-state index < -0.39 is 8.60 Å². The predicted octanol–water partition coefficient (Wildman–Crippen LogP) is 3.62. The molecule has 0 aliphatic heterocycles. The molecule has 0 aromatic carbocycles. The Hall–Kier alpha value is 0.310. The summed E-state index contributed by atoms with van der Waals surface area (Å²) in [6.07, 6.45) is 3.93.